The molecule has 0 bridgehead atoms. The molecule has 3 aromatic carbocycles. The molecule has 3 amide bonds. The van der Waals surface area contributed by atoms with E-state index in [4.69, 9.17) is 23.2 Å². The van der Waals surface area contributed by atoms with Crippen molar-refractivity contribution in [3.8, 4) is 0 Å². The maximum atomic E-state index is 13.7. The van der Waals surface area contributed by atoms with Gasteiger partial charge in [0.15, 0.2) is 0 Å². The lowest BCUT2D eigenvalue weighted by atomic mass is 9.66. The van der Waals surface area contributed by atoms with Gasteiger partial charge in [-0.2, -0.15) is 0 Å². The van der Waals surface area contributed by atoms with Crippen LogP contribution in [-0.4, -0.2) is 55.3 Å². The van der Waals surface area contributed by atoms with Gasteiger partial charge in [0.2, 0.25) is 5.91 Å². The molecule has 0 unspecified atom stereocenters. The zero-order valence-electron chi connectivity index (χ0n) is 24.8. The summed E-state index contributed by atoms with van der Waals surface area (Å²) in [6.07, 6.45) is 0.294. The van der Waals surface area contributed by atoms with E-state index in [0.717, 1.165) is 5.56 Å². The van der Waals surface area contributed by atoms with Crippen LogP contribution in [0.5, 0.6) is 0 Å². The first-order valence-corrected chi connectivity index (χ1v) is 16.3. The largest absolute Gasteiger partial charge is 0.384 e. The fourth-order valence-corrected chi connectivity index (χ4v) is 6.59. The quantitative estimate of drug-likeness (QED) is 0.311. The van der Waals surface area contributed by atoms with E-state index in [1.807, 2.05) is 32.4 Å². The highest BCUT2D eigenvalue weighted by atomic mass is 35.5. The van der Waals surface area contributed by atoms with Gasteiger partial charge in [-0.15, -0.1) is 0 Å². The highest BCUT2D eigenvalue weighted by molar-refractivity contribution is 7.90. The summed E-state index contributed by atoms with van der Waals surface area (Å²) < 4.78 is 27.3. The van der Waals surface area contributed by atoms with Gasteiger partial charge in [-0.25, -0.2) is 13.1 Å². The van der Waals surface area contributed by atoms with Crippen LogP contribution in [0.15, 0.2) is 77.7 Å². The number of benzene rings is 3. The van der Waals surface area contributed by atoms with Gasteiger partial charge in [0.05, 0.1) is 10.5 Å². The molecule has 1 saturated heterocycles. The summed E-state index contributed by atoms with van der Waals surface area (Å²) in [5.74, 6) is -2.08. The zero-order chi connectivity index (χ0) is 32.4. The zero-order valence-corrected chi connectivity index (χ0v) is 27.1. The van der Waals surface area contributed by atoms with Gasteiger partial charge < -0.3 is 15.3 Å². The van der Waals surface area contributed by atoms with Crippen LogP contribution in [0.2, 0.25) is 10.0 Å². The van der Waals surface area contributed by atoms with Crippen molar-refractivity contribution in [3.63, 3.8) is 0 Å². The normalized spacial score (nSPS) is 18.9. The molecule has 12 heteroatoms. The second-order valence-electron chi connectivity index (χ2n) is 11.9. The molecule has 3 aromatic rings. The Hall–Kier alpha value is -3.44. The molecule has 4 rings (SSSR count). The van der Waals surface area contributed by atoms with Crippen molar-refractivity contribution in [3.05, 3.63) is 99.5 Å². The predicted octanol–water partition coefficient (Wildman–Crippen LogP) is 5.01. The first kappa shape index (κ1) is 33.5. The van der Waals surface area contributed by atoms with E-state index in [1.165, 1.54) is 48.5 Å². The van der Waals surface area contributed by atoms with Gasteiger partial charge in [-0.3, -0.25) is 14.4 Å². The van der Waals surface area contributed by atoms with Crippen LogP contribution in [0.3, 0.4) is 0 Å². The van der Waals surface area contributed by atoms with Gasteiger partial charge in [-0.05, 0) is 72.5 Å². The van der Waals surface area contributed by atoms with Gasteiger partial charge in [0.25, 0.3) is 21.8 Å². The Morgan fingerprint density at radius 2 is 1.43 bits per heavy atom. The molecule has 0 aliphatic carbocycles. The van der Waals surface area contributed by atoms with Crippen molar-refractivity contribution in [1.82, 2.24) is 14.9 Å². The summed E-state index contributed by atoms with van der Waals surface area (Å²) in [5, 5.41) is 15.4. The number of carbonyl (C=O) groups excluding carboxylic acids is 3. The van der Waals surface area contributed by atoms with Crippen LogP contribution in [-0.2, 0) is 20.4 Å². The number of hydrogen-bond donors (Lipinski definition) is 3. The molecule has 44 heavy (non-hydrogen) atoms. The van der Waals surface area contributed by atoms with Crippen LogP contribution in [0.1, 0.15) is 60.4 Å². The van der Waals surface area contributed by atoms with Crippen molar-refractivity contribution in [2.45, 2.75) is 50.7 Å². The minimum absolute atomic E-state index is 0.0538. The van der Waals surface area contributed by atoms with Crippen LogP contribution in [0, 0.1) is 11.3 Å². The number of piperidine rings is 1. The number of halogens is 2. The van der Waals surface area contributed by atoms with Gasteiger partial charge in [-0.1, -0.05) is 69.1 Å². The standard InChI is InChI=1S/C32H35Cl2N3O6S/c1-20(2)27(30(40)37-17-16-32(41,31(3,4)19-37)23-8-10-24(33)11-9-23)35-28(38)21-6-5-7-22(18-21)29(39)36-44(42,43)26-14-12-25(34)13-15-26/h5-15,18,20,27,41H,16-17,19H2,1-4H3,(H,35,38)(H,36,39)/t27-,32+/m1/s1. The van der Waals surface area contributed by atoms with E-state index >= 15 is 0 Å². The SMILES string of the molecule is CC(C)[C@@H](NC(=O)c1cccc(C(=O)NS(=O)(=O)c2ccc(Cl)cc2)c1)C(=O)N1CC[C@](O)(c2ccc(Cl)cc2)C(C)(C)C1. The summed E-state index contributed by atoms with van der Waals surface area (Å²) in [6.45, 7) is 7.95. The van der Waals surface area contributed by atoms with Crippen molar-refractivity contribution < 1.29 is 27.9 Å². The van der Waals surface area contributed by atoms with E-state index < -0.39 is 38.9 Å². The van der Waals surface area contributed by atoms with Gasteiger partial charge >= 0.3 is 0 Å². The first-order chi connectivity index (χ1) is 20.5. The van der Waals surface area contributed by atoms with Crippen LogP contribution >= 0.6 is 23.2 Å². The fourth-order valence-electron chi connectivity index (χ4n) is 5.36. The molecule has 0 aromatic heterocycles. The van der Waals surface area contributed by atoms with Crippen molar-refractivity contribution in [1.29, 1.82) is 0 Å². The van der Waals surface area contributed by atoms with Crippen molar-refractivity contribution in [2.75, 3.05) is 13.1 Å². The molecule has 3 N–H and O–H groups in total. The monoisotopic (exact) mass is 659 g/mol. The molecular weight excluding hydrogens is 625 g/mol. The number of sulfonamides is 1. The highest BCUT2D eigenvalue weighted by Gasteiger charge is 2.50. The third-order valence-electron chi connectivity index (χ3n) is 8.04. The number of rotatable bonds is 8. The molecule has 1 aliphatic heterocycles. The lowest BCUT2D eigenvalue weighted by Crippen LogP contribution is -2.60. The molecule has 234 valence electrons. The fraction of sp³-hybridized carbons (Fsp3) is 0.344. The van der Waals surface area contributed by atoms with Gasteiger partial charge in [0, 0.05) is 39.7 Å². The molecule has 0 radical (unpaired) electrons. The lowest BCUT2D eigenvalue weighted by molar-refractivity contribution is -0.155. The lowest BCUT2D eigenvalue weighted by Gasteiger charge is -2.51. The van der Waals surface area contributed by atoms with Crippen LogP contribution in [0.4, 0.5) is 0 Å². The minimum atomic E-state index is -4.18. The summed E-state index contributed by atoms with van der Waals surface area (Å²) in [7, 11) is -4.18. The Balaban J connectivity index is 1.47. The first-order valence-electron chi connectivity index (χ1n) is 14.0. The topological polar surface area (TPSA) is 133 Å². The highest BCUT2D eigenvalue weighted by Crippen LogP contribution is 2.46. The van der Waals surface area contributed by atoms with E-state index in [-0.39, 0.29) is 40.9 Å². The Morgan fingerprint density at radius 3 is 1.98 bits per heavy atom. The predicted molar refractivity (Wildman–Crippen MR) is 169 cm³/mol. The number of likely N-dealkylation sites (tertiary alicyclic amines) is 1. The number of aliphatic hydroxyl groups is 1. The average molecular weight is 661 g/mol. The van der Waals surface area contributed by atoms with Crippen molar-refractivity contribution >= 4 is 50.9 Å². The number of carbonyl (C=O) groups is 3. The molecule has 9 nitrogen and oxygen atoms in total. The third-order valence-corrected chi connectivity index (χ3v) is 9.89. The third kappa shape index (κ3) is 7.10. The summed E-state index contributed by atoms with van der Waals surface area (Å²) in [5.41, 5.74) is -1.16. The van der Waals surface area contributed by atoms with Crippen molar-refractivity contribution in [2.24, 2.45) is 11.3 Å². The smallest absolute Gasteiger partial charge is 0.265 e. The second kappa shape index (κ2) is 12.9. The Bertz CT molecular complexity index is 1660. The number of nitrogens with one attached hydrogen (secondary N) is 2. The second-order valence-corrected chi connectivity index (χ2v) is 14.5. The maximum absolute atomic E-state index is 13.7. The molecule has 0 saturated carbocycles. The Morgan fingerprint density at radius 1 is 0.886 bits per heavy atom. The van der Waals surface area contributed by atoms with E-state index in [0.29, 0.717) is 16.5 Å². The molecule has 2 atom stereocenters. The summed E-state index contributed by atoms with van der Waals surface area (Å²) in [6, 6.07) is 17.0. The maximum Gasteiger partial charge on any atom is 0.265 e. The average Bonchev–Trinajstić information content (AvgIpc) is 2.97. The molecule has 0 spiro atoms. The summed E-state index contributed by atoms with van der Waals surface area (Å²) in [4.78, 5) is 41.4. The molecule has 1 aliphatic rings. The molecule has 1 heterocycles. The number of amides is 3. The van der Waals surface area contributed by atoms with Crippen LogP contribution < -0.4 is 10.0 Å². The van der Waals surface area contributed by atoms with E-state index in [9.17, 15) is 27.9 Å². The summed E-state index contributed by atoms with van der Waals surface area (Å²) >= 11 is 11.9. The number of hydrogen-bond acceptors (Lipinski definition) is 6. The van der Waals surface area contributed by atoms with Crippen LogP contribution in [0.25, 0.3) is 0 Å². The van der Waals surface area contributed by atoms with E-state index in [2.05, 4.69) is 5.32 Å². The number of nitrogens with zero attached hydrogens (tertiary/aromatic N) is 1. The minimum Gasteiger partial charge on any atom is -0.384 e. The molecular formula is C32H35Cl2N3O6S. The van der Waals surface area contributed by atoms with Gasteiger partial charge in [0.1, 0.15) is 6.04 Å². The van der Waals surface area contributed by atoms with E-state index in [1.54, 1.807) is 29.2 Å². The Labute approximate surface area is 267 Å². The Kier molecular flexibility index (Phi) is 9.80. The molecule has 1 fully saturated rings.